The Morgan fingerprint density at radius 3 is 2.33 bits per heavy atom. The summed E-state index contributed by atoms with van der Waals surface area (Å²) in [7, 11) is 0. The van der Waals surface area contributed by atoms with Crippen LogP contribution in [0.5, 0.6) is 5.88 Å². The number of aromatic nitrogens is 1. The predicted molar refractivity (Wildman–Crippen MR) is 49.7 cm³/mol. The number of nitrogens with two attached hydrogens (primary N) is 1. The molecule has 0 aromatic carbocycles. The topological polar surface area (TPSA) is 68.4 Å². The van der Waals surface area contributed by atoms with Gasteiger partial charge in [-0.15, -0.1) is 13.2 Å². The molecule has 0 unspecified atom stereocenters. The van der Waals surface area contributed by atoms with E-state index < -0.39 is 31.0 Å². The highest BCUT2D eigenvalue weighted by Crippen LogP contribution is 2.30. The van der Waals surface area contributed by atoms with E-state index in [0.29, 0.717) is 0 Å². The average Bonchev–Trinajstić information content (AvgIpc) is 2.26. The molecule has 1 aromatic rings. The zero-order chi connectivity index (χ0) is 13.9. The number of nitrogens with zero attached hydrogens (tertiary/aromatic N) is 1. The summed E-state index contributed by atoms with van der Waals surface area (Å²) in [5.41, 5.74) is 3.76. The van der Waals surface area contributed by atoms with Crippen LogP contribution in [0.25, 0.3) is 0 Å². The molecule has 18 heavy (non-hydrogen) atoms. The Labute approximate surface area is 98.2 Å². The fraction of sp³-hybridized carbons (Fsp3) is 0.444. The molecular formula is C9H9F5N2O2. The van der Waals surface area contributed by atoms with Crippen molar-refractivity contribution in [2.75, 3.05) is 0 Å². The van der Waals surface area contributed by atoms with Crippen LogP contribution in [-0.4, -0.2) is 16.5 Å². The second-order valence-corrected chi connectivity index (χ2v) is 3.21. The van der Waals surface area contributed by atoms with E-state index in [9.17, 15) is 22.0 Å². The Kier molecular flexibility index (Phi) is 4.41. The van der Waals surface area contributed by atoms with Crippen molar-refractivity contribution in [2.45, 2.75) is 25.9 Å². The van der Waals surface area contributed by atoms with Crippen molar-refractivity contribution in [1.82, 2.24) is 4.98 Å². The first-order chi connectivity index (χ1) is 8.28. The molecular weight excluding hydrogens is 263 g/mol. The Morgan fingerprint density at radius 2 is 1.94 bits per heavy atom. The Hall–Kier alpha value is -1.48. The van der Waals surface area contributed by atoms with Gasteiger partial charge in [0, 0.05) is 12.1 Å². The van der Waals surface area contributed by atoms with Gasteiger partial charge in [-0.3, -0.25) is 0 Å². The molecule has 0 saturated heterocycles. The van der Waals surface area contributed by atoms with Gasteiger partial charge in [0.2, 0.25) is 5.88 Å². The van der Waals surface area contributed by atoms with Gasteiger partial charge in [0.15, 0.2) is 0 Å². The van der Waals surface area contributed by atoms with Gasteiger partial charge in [-0.25, -0.2) is 13.8 Å². The third-order valence-corrected chi connectivity index (χ3v) is 1.98. The lowest BCUT2D eigenvalue weighted by Crippen LogP contribution is -2.20. The summed E-state index contributed by atoms with van der Waals surface area (Å²) in [5, 5.41) is 8.85. The minimum Gasteiger partial charge on any atom is -0.391 e. The van der Waals surface area contributed by atoms with E-state index in [-0.39, 0.29) is 17.7 Å². The van der Waals surface area contributed by atoms with E-state index in [1.807, 2.05) is 0 Å². The van der Waals surface area contributed by atoms with Crippen molar-refractivity contribution in [3.63, 3.8) is 0 Å². The maximum Gasteiger partial charge on any atom is 0.574 e. The standard InChI is InChI=1S/C9H9F5N2O2/c10-7(11)6-4(2-15)1-5(3-17)8(16-6)18-9(12,13)14/h1,7,17H,2-3,15H2. The van der Waals surface area contributed by atoms with Crippen LogP contribution in [0.2, 0.25) is 0 Å². The molecule has 0 saturated carbocycles. The van der Waals surface area contributed by atoms with Crippen molar-refractivity contribution >= 4 is 0 Å². The third-order valence-electron chi connectivity index (χ3n) is 1.98. The van der Waals surface area contributed by atoms with E-state index in [0.717, 1.165) is 6.07 Å². The van der Waals surface area contributed by atoms with Crippen LogP contribution in [-0.2, 0) is 13.2 Å². The summed E-state index contributed by atoms with van der Waals surface area (Å²) in [4.78, 5) is 3.07. The number of aliphatic hydroxyl groups is 1. The van der Waals surface area contributed by atoms with Crippen LogP contribution in [0.4, 0.5) is 22.0 Å². The van der Waals surface area contributed by atoms with Crippen LogP contribution in [0.3, 0.4) is 0 Å². The first kappa shape index (κ1) is 14.6. The fourth-order valence-corrected chi connectivity index (χ4v) is 1.26. The van der Waals surface area contributed by atoms with E-state index in [1.54, 1.807) is 0 Å². The number of halogens is 5. The zero-order valence-electron chi connectivity index (χ0n) is 8.84. The van der Waals surface area contributed by atoms with Gasteiger partial charge in [0.25, 0.3) is 6.43 Å². The van der Waals surface area contributed by atoms with E-state index in [4.69, 9.17) is 10.8 Å². The second kappa shape index (κ2) is 5.44. The molecule has 0 radical (unpaired) electrons. The number of pyridine rings is 1. The number of rotatable bonds is 4. The Bertz CT molecular complexity index is 422. The second-order valence-electron chi connectivity index (χ2n) is 3.21. The summed E-state index contributed by atoms with van der Waals surface area (Å²) in [5.74, 6) is -1.10. The van der Waals surface area contributed by atoms with Gasteiger partial charge in [0.1, 0.15) is 5.69 Å². The molecule has 0 bridgehead atoms. The lowest BCUT2D eigenvalue weighted by atomic mass is 10.1. The van der Waals surface area contributed by atoms with Crippen LogP contribution in [0.15, 0.2) is 6.07 Å². The van der Waals surface area contributed by atoms with Crippen molar-refractivity contribution in [2.24, 2.45) is 5.73 Å². The van der Waals surface area contributed by atoms with Crippen molar-refractivity contribution in [3.05, 3.63) is 22.9 Å². The number of ether oxygens (including phenoxy) is 1. The van der Waals surface area contributed by atoms with Gasteiger partial charge in [-0.05, 0) is 11.6 Å². The van der Waals surface area contributed by atoms with Crippen LogP contribution >= 0.6 is 0 Å². The van der Waals surface area contributed by atoms with Gasteiger partial charge in [-0.2, -0.15) is 0 Å². The number of aliphatic hydroxyl groups excluding tert-OH is 1. The maximum atomic E-state index is 12.5. The average molecular weight is 272 g/mol. The van der Waals surface area contributed by atoms with Crippen LogP contribution < -0.4 is 10.5 Å². The van der Waals surface area contributed by atoms with E-state index >= 15 is 0 Å². The highest BCUT2D eigenvalue weighted by Gasteiger charge is 2.33. The van der Waals surface area contributed by atoms with Crippen molar-refractivity contribution < 1.29 is 31.8 Å². The van der Waals surface area contributed by atoms with Crippen LogP contribution in [0.1, 0.15) is 23.2 Å². The minimum absolute atomic E-state index is 0.149. The molecule has 0 amide bonds. The predicted octanol–water partition coefficient (Wildman–Crippen LogP) is 1.87. The molecule has 0 spiro atoms. The molecule has 1 aromatic heterocycles. The summed E-state index contributed by atoms with van der Waals surface area (Å²) in [6.07, 6.45) is -8.17. The summed E-state index contributed by atoms with van der Waals surface area (Å²) in [6.45, 7) is -1.18. The largest absolute Gasteiger partial charge is 0.574 e. The number of alkyl halides is 5. The number of hydrogen-bond donors (Lipinski definition) is 2. The molecule has 4 nitrogen and oxygen atoms in total. The molecule has 9 heteroatoms. The monoisotopic (exact) mass is 272 g/mol. The van der Waals surface area contributed by atoms with Gasteiger partial charge in [0.05, 0.1) is 6.61 Å². The lowest BCUT2D eigenvalue weighted by Gasteiger charge is -2.14. The maximum absolute atomic E-state index is 12.5. The van der Waals surface area contributed by atoms with Gasteiger partial charge < -0.3 is 15.6 Å². The molecule has 102 valence electrons. The highest BCUT2D eigenvalue weighted by atomic mass is 19.4. The Morgan fingerprint density at radius 1 is 1.33 bits per heavy atom. The highest BCUT2D eigenvalue weighted by molar-refractivity contribution is 5.34. The molecule has 1 rings (SSSR count). The zero-order valence-corrected chi connectivity index (χ0v) is 8.84. The molecule has 0 aliphatic rings. The first-order valence-electron chi connectivity index (χ1n) is 4.66. The first-order valence-corrected chi connectivity index (χ1v) is 4.66. The van der Waals surface area contributed by atoms with Crippen LogP contribution in [0, 0.1) is 0 Å². The number of hydrogen-bond acceptors (Lipinski definition) is 4. The lowest BCUT2D eigenvalue weighted by molar-refractivity contribution is -0.276. The third kappa shape index (κ3) is 3.50. The molecule has 1 heterocycles. The molecule has 0 aliphatic heterocycles. The smallest absolute Gasteiger partial charge is 0.391 e. The summed E-state index contributed by atoms with van der Waals surface area (Å²) >= 11 is 0. The molecule has 0 atom stereocenters. The molecule has 0 aliphatic carbocycles. The minimum atomic E-state index is -5.08. The van der Waals surface area contributed by atoms with E-state index in [2.05, 4.69) is 9.72 Å². The molecule has 3 N–H and O–H groups in total. The van der Waals surface area contributed by atoms with Gasteiger partial charge in [-0.1, -0.05) is 0 Å². The molecule has 0 fully saturated rings. The summed E-state index contributed by atoms with van der Waals surface area (Å²) < 4.78 is 64.6. The fourth-order valence-electron chi connectivity index (χ4n) is 1.26. The normalized spacial score (nSPS) is 12.0. The Balaban J connectivity index is 3.27. The van der Waals surface area contributed by atoms with E-state index in [1.165, 1.54) is 0 Å². The SMILES string of the molecule is NCc1cc(CO)c(OC(F)(F)F)nc1C(F)F. The summed E-state index contributed by atoms with van der Waals surface area (Å²) in [6, 6.07) is 0.912. The van der Waals surface area contributed by atoms with Gasteiger partial charge >= 0.3 is 6.36 Å². The van der Waals surface area contributed by atoms with Crippen molar-refractivity contribution in [1.29, 1.82) is 0 Å². The quantitative estimate of drug-likeness (QED) is 0.821. The van der Waals surface area contributed by atoms with Crippen molar-refractivity contribution in [3.8, 4) is 5.88 Å².